The lowest BCUT2D eigenvalue weighted by atomic mass is 10.00. The maximum atomic E-state index is 8.13. The zero-order chi connectivity index (χ0) is 12.5. The highest BCUT2D eigenvalue weighted by Crippen LogP contribution is 2.17. The topological polar surface area (TPSA) is 3.24 Å². The lowest BCUT2D eigenvalue weighted by Gasteiger charge is -2.30. The second-order valence-corrected chi connectivity index (χ2v) is 3.94. The molecular weight excluding hydrogens is 170 g/mol. The monoisotopic (exact) mass is 192 g/mol. The van der Waals surface area contributed by atoms with Crippen LogP contribution in [0.25, 0.3) is 0 Å². The van der Waals surface area contributed by atoms with Crippen molar-refractivity contribution in [3.63, 3.8) is 0 Å². The van der Waals surface area contributed by atoms with E-state index in [0.29, 0.717) is 13.0 Å². The molecule has 0 spiro atoms. The quantitative estimate of drug-likeness (QED) is 0.696. The first-order valence-corrected chi connectivity index (χ1v) is 5.23. The predicted molar refractivity (Wildman–Crippen MR) is 60.1 cm³/mol. The predicted octanol–water partition coefficient (Wildman–Crippen LogP) is 2.92. The van der Waals surface area contributed by atoms with Gasteiger partial charge >= 0.3 is 0 Å². The highest BCUT2D eigenvalue weighted by atomic mass is 15.1. The molecule has 1 aliphatic heterocycles. The van der Waals surface area contributed by atoms with Gasteiger partial charge < -0.3 is 0 Å². The van der Waals surface area contributed by atoms with E-state index in [2.05, 4.69) is 0 Å². The fraction of sp³-hybridized carbons (Fsp3) is 0.538. The van der Waals surface area contributed by atoms with E-state index in [0.717, 1.165) is 12.0 Å². The zero-order valence-corrected chi connectivity index (χ0v) is 8.61. The maximum Gasteiger partial charge on any atom is 0.0433 e. The van der Waals surface area contributed by atoms with Crippen LogP contribution in [0.2, 0.25) is 0 Å². The van der Waals surface area contributed by atoms with Crippen LogP contribution in [0.1, 0.15) is 29.4 Å². The molecule has 0 aliphatic carbocycles. The van der Waals surface area contributed by atoms with Crippen molar-refractivity contribution in [1.29, 1.82) is 0 Å². The van der Waals surface area contributed by atoms with Crippen molar-refractivity contribution in [2.45, 2.75) is 26.3 Å². The van der Waals surface area contributed by atoms with Crippen LogP contribution in [0.4, 0.5) is 0 Å². The summed E-state index contributed by atoms with van der Waals surface area (Å²) in [7, 11) is 0. The molecule has 0 bridgehead atoms. The molecule has 1 aromatic carbocycles. The van der Waals surface area contributed by atoms with Crippen LogP contribution in [0.3, 0.4) is 0 Å². The van der Waals surface area contributed by atoms with E-state index in [-0.39, 0.29) is 5.92 Å². The van der Waals surface area contributed by atoms with Gasteiger partial charge in [0.1, 0.15) is 0 Å². The Hall–Kier alpha value is -0.820. The SMILES string of the molecule is [2H][C@H]1[C@@H](C)CCC([2H])([2H])N1Cc1ccccc1. The molecule has 0 aromatic heterocycles. The Kier molecular flexibility index (Phi) is 2.18. The minimum absolute atomic E-state index is 0.238. The second kappa shape index (κ2) is 4.61. The third-order valence-electron chi connectivity index (χ3n) is 2.54. The Morgan fingerprint density at radius 1 is 1.43 bits per heavy atom. The van der Waals surface area contributed by atoms with Crippen LogP contribution < -0.4 is 0 Å². The summed E-state index contributed by atoms with van der Waals surface area (Å²) < 4.78 is 24.2. The Morgan fingerprint density at radius 3 is 3.00 bits per heavy atom. The van der Waals surface area contributed by atoms with Crippen LogP contribution in [-0.2, 0) is 6.54 Å². The largest absolute Gasteiger partial charge is 0.299 e. The number of piperidine rings is 1. The summed E-state index contributed by atoms with van der Waals surface area (Å²) in [4.78, 5) is 1.68. The lowest BCUT2D eigenvalue weighted by molar-refractivity contribution is 0.176. The Morgan fingerprint density at radius 2 is 2.21 bits per heavy atom. The van der Waals surface area contributed by atoms with Crippen molar-refractivity contribution >= 4 is 0 Å². The molecule has 1 aliphatic rings. The van der Waals surface area contributed by atoms with Crippen LogP contribution >= 0.6 is 0 Å². The molecule has 0 radical (unpaired) electrons. The van der Waals surface area contributed by atoms with Gasteiger partial charge in [-0.15, -0.1) is 0 Å². The van der Waals surface area contributed by atoms with Gasteiger partial charge in [0.05, 0.1) is 0 Å². The number of benzene rings is 1. The molecular formula is C13H19N. The Balaban J connectivity index is 2.16. The van der Waals surface area contributed by atoms with Crippen molar-refractivity contribution < 1.29 is 4.11 Å². The van der Waals surface area contributed by atoms with Crippen LogP contribution in [0.15, 0.2) is 30.3 Å². The molecule has 1 nitrogen and oxygen atoms in total. The van der Waals surface area contributed by atoms with Crippen LogP contribution in [0, 0.1) is 5.92 Å². The number of nitrogens with zero attached hydrogens (tertiary/aromatic N) is 1. The van der Waals surface area contributed by atoms with E-state index in [1.807, 2.05) is 37.3 Å². The maximum absolute atomic E-state index is 8.13. The van der Waals surface area contributed by atoms with Gasteiger partial charge in [0.25, 0.3) is 0 Å². The third-order valence-corrected chi connectivity index (χ3v) is 2.54. The van der Waals surface area contributed by atoms with E-state index >= 15 is 0 Å². The number of hydrogen-bond donors (Lipinski definition) is 0. The lowest BCUT2D eigenvalue weighted by Crippen LogP contribution is -2.33. The van der Waals surface area contributed by atoms with Gasteiger partial charge in [-0.1, -0.05) is 37.3 Å². The second-order valence-electron chi connectivity index (χ2n) is 3.94. The number of hydrogen-bond acceptors (Lipinski definition) is 1. The molecule has 14 heavy (non-hydrogen) atoms. The van der Waals surface area contributed by atoms with Crippen molar-refractivity contribution in [3.8, 4) is 0 Å². The normalized spacial score (nSPS) is 35.6. The van der Waals surface area contributed by atoms with Crippen molar-refractivity contribution in [1.82, 2.24) is 4.90 Å². The smallest absolute Gasteiger partial charge is 0.0433 e. The highest BCUT2D eigenvalue weighted by Gasteiger charge is 2.15. The highest BCUT2D eigenvalue weighted by molar-refractivity contribution is 5.14. The van der Waals surface area contributed by atoms with Crippen molar-refractivity contribution in [2.75, 3.05) is 13.0 Å². The summed E-state index contributed by atoms with van der Waals surface area (Å²) in [5.74, 6) is 0.238. The summed E-state index contributed by atoms with van der Waals surface area (Å²) in [6, 6.07) is 9.84. The van der Waals surface area contributed by atoms with Gasteiger partial charge in [-0.05, 0) is 30.8 Å². The van der Waals surface area contributed by atoms with Crippen molar-refractivity contribution in [3.05, 3.63) is 35.9 Å². The van der Waals surface area contributed by atoms with Gasteiger partial charge in [-0.3, -0.25) is 4.90 Å². The fourth-order valence-electron chi connectivity index (χ4n) is 1.76. The van der Waals surface area contributed by atoms with Crippen LogP contribution in [-0.4, -0.2) is 17.9 Å². The van der Waals surface area contributed by atoms with E-state index < -0.39 is 13.0 Å². The minimum atomic E-state index is -1.35. The molecule has 1 heteroatoms. The molecule has 1 fully saturated rings. The summed E-state index contributed by atoms with van der Waals surface area (Å²) in [5, 5.41) is 0. The summed E-state index contributed by atoms with van der Waals surface area (Å²) in [6.45, 7) is 0.755. The fourth-order valence-corrected chi connectivity index (χ4v) is 1.76. The Labute approximate surface area is 91.0 Å². The summed E-state index contributed by atoms with van der Waals surface area (Å²) in [5.41, 5.74) is 1.07. The molecule has 1 aromatic rings. The average molecular weight is 192 g/mol. The molecule has 0 amide bonds. The molecule has 76 valence electrons. The van der Waals surface area contributed by atoms with Gasteiger partial charge in [0.2, 0.25) is 0 Å². The summed E-state index contributed by atoms with van der Waals surface area (Å²) in [6.07, 6.45) is 1.32. The first-order chi connectivity index (χ1) is 8.00. The van der Waals surface area contributed by atoms with Crippen LogP contribution in [0.5, 0.6) is 0 Å². The first kappa shape index (κ1) is 6.62. The molecule has 0 N–H and O–H groups in total. The van der Waals surface area contributed by atoms with E-state index in [4.69, 9.17) is 4.11 Å². The minimum Gasteiger partial charge on any atom is -0.299 e. The van der Waals surface area contributed by atoms with Crippen molar-refractivity contribution in [2.24, 2.45) is 5.92 Å². The molecule has 2 atom stereocenters. The number of rotatable bonds is 2. The van der Waals surface area contributed by atoms with Gasteiger partial charge in [0.15, 0.2) is 0 Å². The third kappa shape index (κ3) is 2.58. The summed E-state index contributed by atoms with van der Waals surface area (Å²) >= 11 is 0. The van der Waals surface area contributed by atoms with Gasteiger partial charge in [0, 0.05) is 17.2 Å². The molecule has 0 unspecified atom stereocenters. The average Bonchev–Trinajstić information content (AvgIpc) is 2.32. The molecule has 1 heterocycles. The van der Waals surface area contributed by atoms with Gasteiger partial charge in [-0.25, -0.2) is 0 Å². The molecule has 1 saturated heterocycles. The zero-order valence-electron chi connectivity index (χ0n) is 11.6. The standard InChI is InChI=1S/C13H19N/c1-12-6-5-9-14(10-12)11-13-7-3-2-4-8-13/h2-4,7-8,12H,5-6,9-11H2,1H3/t12-/m0/s1/i9D2,10D/t10-,12-. The number of likely N-dealkylation sites (tertiary alicyclic amines) is 1. The molecule has 2 rings (SSSR count). The molecule has 0 saturated carbocycles. The van der Waals surface area contributed by atoms with E-state index in [1.165, 1.54) is 0 Å². The van der Waals surface area contributed by atoms with E-state index in [1.54, 1.807) is 4.90 Å². The van der Waals surface area contributed by atoms with Gasteiger partial charge in [-0.2, -0.15) is 0 Å². The van der Waals surface area contributed by atoms with E-state index in [9.17, 15) is 0 Å². The first-order valence-electron chi connectivity index (χ1n) is 6.81. The Bertz CT molecular complexity index is 366.